The summed E-state index contributed by atoms with van der Waals surface area (Å²) in [5.74, 6) is 1.02. The van der Waals surface area contributed by atoms with Crippen LogP contribution in [-0.2, 0) is 4.79 Å². The van der Waals surface area contributed by atoms with E-state index in [2.05, 4.69) is 15.3 Å². The number of aryl methyl sites for hydroxylation is 3. The molecule has 0 radical (unpaired) electrons. The van der Waals surface area contributed by atoms with E-state index >= 15 is 0 Å². The van der Waals surface area contributed by atoms with Crippen molar-refractivity contribution in [3.8, 4) is 17.5 Å². The fourth-order valence-electron chi connectivity index (χ4n) is 2.46. The van der Waals surface area contributed by atoms with E-state index in [0.29, 0.717) is 28.6 Å². The Hall–Kier alpha value is -3.41. The van der Waals surface area contributed by atoms with E-state index in [9.17, 15) is 4.79 Å². The van der Waals surface area contributed by atoms with Gasteiger partial charge in [-0.05, 0) is 45.0 Å². The van der Waals surface area contributed by atoms with Crippen LogP contribution < -0.4 is 14.8 Å². The van der Waals surface area contributed by atoms with Crippen LogP contribution in [0.3, 0.4) is 0 Å². The summed E-state index contributed by atoms with van der Waals surface area (Å²) >= 11 is 0. The molecule has 0 bridgehead atoms. The van der Waals surface area contributed by atoms with Gasteiger partial charge in [-0.2, -0.15) is 9.97 Å². The Kier molecular flexibility index (Phi) is 5.66. The fraction of sp³-hybridized carbons (Fsp3) is 0.190. The maximum atomic E-state index is 12.2. The lowest BCUT2D eigenvalue weighted by molar-refractivity contribution is -0.118. The van der Waals surface area contributed by atoms with E-state index in [0.717, 1.165) is 5.56 Å². The van der Waals surface area contributed by atoms with Crippen LogP contribution >= 0.6 is 0 Å². The van der Waals surface area contributed by atoms with Crippen molar-refractivity contribution in [1.82, 2.24) is 9.97 Å². The highest BCUT2D eigenvalue weighted by Crippen LogP contribution is 2.23. The summed E-state index contributed by atoms with van der Waals surface area (Å²) in [6.45, 7) is 5.49. The molecule has 0 saturated heterocycles. The molecule has 0 saturated carbocycles. The smallest absolute Gasteiger partial charge is 0.322 e. The number of carbonyl (C=O) groups excluding carboxylic acids is 1. The molecule has 0 fully saturated rings. The van der Waals surface area contributed by atoms with Crippen LogP contribution in [0.2, 0.25) is 0 Å². The molecule has 27 heavy (non-hydrogen) atoms. The number of hydrogen-bond acceptors (Lipinski definition) is 5. The zero-order valence-electron chi connectivity index (χ0n) is 15.5. The third kappa shape index (κ3) is 5.04. The molecule has 0 unspecified atom stereocenters. The van der Waals surface area contributed by atoms with Crippen molar-refractivity contribution in [3.63, 3.8) is 0 Å². The second-order valence-corrected chi connectivity index (χ2v) is 6.12. The molecule has 3 rings (SSSR count). The molecule has 6 nitrogen and oxygen atoms in total. The number of hydrogen-bond donors (Lipinski definition) is 1. The lowest BCUT2D eigenvalue weighted by Gasteiger charge is -2.13. The van der Waals surface area contributed by atoms with Crippen molar-refractivity contribution in [2.24, 2.45) is 0 Å². The molecular formula is C21H21N3O3. The van der Waals surface area contributed by atoms with Gasteiger partial charge in [0, 0.05) is 0 Å². The van der Waals surface area contributed by atoms with Crippen LogP contribution in [0, 0.1) is 20.8 Å². The molecular weight excluding hydrogens is 342 g/mol. The number of nitrogens with zero attached hydrogens (tertiary/aromatic N) is 2. The Balaban J connectivity index is 1.64. The molecule has 138 valence electrons. The zero-order valence-corrected chi connectivity index (χ0v) is 15.5. The van der Waals surface area contributed by atoms with Gasteiger partial charge >= 0.3 is 6.01 Å². The number of benzene rings is 2. The van der Waals surface area contributed by atoms with Gasteiger partial charge in [-0.3, -0.25) is 4.79 Å². The average molecular weight is 363 g/mol. The number of aromatic nitrogens is 2. The minimum Gasteiger partial charge on any atom is -0.484 e. The number of amides is 1. The molecule has 6 heteroatoms. The number of carbonyl (C=O) groups is 1. The lowest BCUT2D eigenvalue weighted by Crippen LogP contribution is -2.22. The highest BCUT2D eigenvalue weighted by atomic mass is 16.5. The van der Waals surface area contributed by atoms with Crippen LogP contribution in [0.4, 0.5) is 5.69 Å². The minimum atomic E-state index is -0.276. The Bertz CT molecular complexity index is 902. The molecule has 1 amide bonds. The van der Waals surface area contributed by atoms with Gasteiger partial charge in [-0.25, -0.2) is 0 Å². The standard InChI is InChI=1S/C21H21N3O3/c1-14-9-11-17(12-10-14)26-13-19(25)24-20-15(2)22-21(23-16(20)3)27-18-7-5-4-6-8-18/h4-12H,13H2,1-3H3,(H,24,25). The molecule has 1 aromatic heterocycles. The molecule has 3 aromatic rings. The second kappa shape index (κ2) is 8.31. The SMILES string of the molecule is Cc1ccc(OCC(=O)Nc2c(C)nc(Oc3ccccc3)nc2C)cc1. The summed E-state index contributed by atoms with van der Waals surface area (Å²) in [6, 6.07) is 17.1. The van der Waals surface area contributed by atoms with E-state index in [1.165, 1.54) is 0 Å². The Labute approximate surface area is 158 Å². The molecule has 2 aromatic carbocycles. The average Bonchev–Trinajstić information content (AvgIpc) is 2.65. The van der Waals surface area contributed by atoms with E-state index in [-0.39, 0.29) is 18.5 Å². The largest absolute Gasteiger partial charge is 0.484 e. The molecule has 0 aliphatic heterocycles. The van der Waals surface area contributed by atoms with Crippen molar-refractivity contribution < 1.29 is 14.3 Å². The van der Waals surface area contributed by atoms with Crippen molar-refractivity contribution >= 4 is 11.6 Å². The van der Waals surface area contributed by atoms with Crippen molar-refractivity contribution in [2.75, 3.05) is 11.9 Å². The number of ether oxygens (including phenoxy) is 2. The first-order valence-electron chi connectivity index (χ1n) is 8.59. The Morgan fingerprint density at radius 2 is 1.52 bits per heavy atom. The van der Waals surface area contributed by atoms with Crippen molar-refractivity contribution in [2.45, 2.75) is 20.8 Å². The first-order valence-corrected chi connectivity index (χ1v) is 8.59. The molecule has 1 N–H and O–H groups in total. The van der Waals surface area contributed by atoms with Crippen LogP contribution in [0.15, 0.2) is 54.6 Å². The van der Waals surface area contributed by atoms with Crippen LogP contribution in [0.25, 0.3) is 0 Å². The van der Waals surface area contributed by atoms with Crippen LogP contribution in [-0.4, -0.2) is 22.5 Å². The quantitative estimate of drug-likeness (QED) is 0.710. The minimum absolute atomic E-state index is 0.0930. The molecule has 0 aliphatic carbocycles. The molecule has 0 spiro atoms. The predicted octanol–water partition coefficient (Wildman–Crippen LogP) is 4.21. The number of para-hydroxylation sites is 1. The van der Waals surface area contributed by atoms with E-state index < -0.39 is 0 Å². The number of anilines is 1. The third-order valence-corrected chi connectivity index (χ3v) is 3.86. The van der Waals surface area contributed by atoms with Gasteiger partial charge in [0.1, 0.15) is 11.5 Å². The summed E-state index contributed by atoms with van der Waals surface area (Å²) in [4.78, 5) is 20.9. The van der Waals surface area contributed by atoms with E-state index in [1.54, 1.807) is 13.8 Å². The maximum Gasteiger partial charge on any atom is 0.322 e. The summed E-state index contributed by atoms with van der Waals surface area (Å²) < 4.78 is 11.2. The van der Waals surface area contributed by atoms with Crippen LogP contribution in [0.5, 0.6) is 17.5 Å². The summed E-state index contributed by atoms with van der Waals surface area (Å²) in [5, 5.41) is 2.81. The summed E-state index contributed by atoms with van der Waals surface area (Å²) in [7, 11) is 0. The lowest BCUT2D eigenvalue weighted by atomic mass is 10.2. The van der Waals surface area contributed by atoms with Gasteiger partial charge in [0.15, 0.2) is 6.61 Å². The van der Waals surface area contributed by atoms with Gasteiger partial charge in [0.2, 0.25) is 0 Å². The normalized spacial score (nSPS) is 10.3. The third-order valence-electron chi connectivity index (χ3n) is 3.86. The van der Waals surface area contributed by atoms with Gasteiger partial charge in [-0.1, -0.05) is 35.9 Å². The van der Waals surface area contributed by atoms with Crippen LogP contribution in [0.1, 0.15) is 17.0 Å². The van der Waals surface area contributed by atoms with E-state index in [4.69, 9.17) is 9.47 Å². The van der Waals surface area contributed by atoms with Gasteiger partial charge in [-0.15, -0.1) is 0 Å². The zero-order chi connectivity index (χ0) is 19.2. The highest BCUT2D eigenvalue weighted by molar-refractivity contribution is 5.92. The topological polar surface area (TPSA) is 73.3 Å². The molecule has 1 heterocycles. The highest BCUT2D eigenvalue weighted by Gasteiger charge is 2.13. The maximum absolute atomic E-state index is 12.2. The van der Waals surface area contributed by atoms with Crippen molar-refractivity contribution in [3.05, 3.63) is 71.5 Å². The van der Waals surface area contributed by atoms with E-state index in [1.807, 2.05) is 61.5 Å². The summed E-state index contributed by atoms with van der Waals surface area (Å²) in [5.41, 5.74) is 2.94. The fourth-order valence-corrected chi connectivity index (χ4v) is 2.46. The first kappa shape index (κ1) is 18.4. The first-order chi connectivity index (χ1) is 13.0. The number of nitrogens with one attached hydrogen (secondary N) is 1. The second-order valence-electron chi connectivity index (χ2n) is 6.12. The van der Waals surface area contributed by atoms with Gasteiger partial charge < -0.3 is 14.8 Å². The monoisotopic (exact) mass is 363 g/mol. The molecule has 0 atom stereocenters. The Morgan fingerprint density at radius 1 is 0.889 bits per heavy atom. The van der Waals surface area contributed by atoms with Gasteiger partial charge in [0.25, 0.3) is 5.91 Å². The molecule has 0 aliphatic rings. The number of rotatable bonds is 6. The van der Waals surface area contributed by atoms with Crippen molar-refractivity contribution in [1.29, 1.82) is 0 Å². The Morgan fingerprint density at radius 3 is 2.15 bits per heavy atom. The summed E-state index contributed by atoms with van der Waals surface area (Å²) in [6.07, 6.45) is 0. The predicted molar refractivity (Wildman–Crippen MR) is 103 cm³/mol. The van der Waals surface area contributed by atoms with Gasteiger partial charge in [0.05, 0.1) is 17.1 Å².